The van der Waals surface area contributed by atoms with Crippen molar-refractivity contribution in [1.29, 1.82) is 0 Å². The predicted molar refractivity (Wildman–Crippen MR) is 105 cm³/mol. The monoisotopic (exact) mass is 450 g/mol. The SMILES string of the molecule is Cc1c(Cl)c(C(F)F)nn1CC(=O)N1CCN(Cc2c(Cl)cccc2Cl)CC1. The van der Waals surface area contributed by atoms with Crippen molar-refractivity contribution >= 4 is 40.7 Å². The van der Waals surface area contributed by atoms with Crippen molar-refractivity contribution in [2.75, 3.05) is 26.2 Å². The second-order valence-electron chi connectivity index (χ2n) is 6.60. The molecule has 2 aromatic rings. The highest BCUT2D eigenvalue weighted by atomic mass is 35.5. The van der Waals surface area contributed by atoms with Gasteiger partial charge < -0.3 is 4.90 Å². The van der Waals surface area contributed by atoms with Crippen molar-refractivity contribution in [3.8, 4) is 0 Å². The quantitative estimate of drug-likeness (QED) is 0.675. The molecule has 2 heterocycles. The van der Waals surface area contributed by atoms with Crippen molar-refractivity contribution in [2.45, 2.75) is 26.4 Å². The lowest BCUT2D eigenvalue weighted by atomic mass is 10.2. The molecule has 1 saturated heterocycles. The Morgan fingerprint density at radius 2 is 1.75 bits per heavy atom. The van der Waals surface area contributed by atoms with Gasteiger partial charge in [0.2, 0.25) is 5.91 Å². The molecule has 10 heteroatoms. The summed E-state index contributed by atoms with van der Waals surface area (Å²) in [6.45, 7) is 4.43. The van der Waals surface area contributed by atoms with Gasteiger partial charge in [0.15, 0.2) is 0 Å². The van der Waals surface area contributed by atoms with Crippen molar-refractivity contribution in [3.05, 3.63) is 50.2 Å². The van der Waals surface area contributed by atoms with Crippen molar-refractivity contribution in [2.24, 2.45) is 0 Å². The van der Waals surface area contributed by atoms with Crippen molar-refractivity contribution in [1.82, 2.24) is 19.6 Å². The molecule has 0 spiro atoms. The molecule has 1 amide bonds. The van der Waals surface area contributed by atoms with Gasteiger partial charge in [0, 0.05) is 48.3 Å². The molecule has 3 rings (SSSR count). The topological polar surface area (TPSA) is 41.4 Å². The molecule has 1 aromatic heterocycles. The summed E-state index contributed by atoms with van der Waals surface area (Å²) in [6, 6.07) is 5.40. The maximum Gasteiger partial charge on any atom is 0.283 e. The third kappa shape index (κ3) is 4.59. The highest BCUT2D eigenvalue weighted by Crippen LogP contribution is 2.29. The van der Waals surface area contributed by atoms with E-state index in [9.17, 15) is 13.6 Å². The van der Waals surface area contributed by atoms with Gasteiger partial charge >= 0.3 is 0 Å². The number of rotatable bonds is 5. The predicted octanol–water partition coefficient (Wildman–Crippen LogP) is 4.43. The Bertz CT molecular complexity index is 847. The van der Waals surface area contributed by atoms with Gasteiger partial charge in [-0.1, -0.05) is 40.9 Å². The Morgan fingerprint density at radius 3 is 2.29 bits per heavy atom. The van der Waals surface area contributed by atoms with Crippen LogP contribution in [-0.2, 0) is 17.9 Å². The Kier molecular flexibility index (Phi) is 6.81. The number of nitrogens with zero attached hydrogens (tertiary/aromatic N) is 4. The van der Waals surface area contributed by atoms with E-state index in [0.717, 1.165) is 5.56 Å². The summed E-state index contributed by atoms with van der Waals surface area (Å²) < 4.78 is 27.1. The fourth-order valence-electron chi connectivity index (χ4n) is 3.13. The molecular weight excluding hydrogens is 433 g/mol. The van der Waals surface area contributed by atoms with E-state index in [1.807, 2.05) is 0 Å². The van der Waals surface area contributed by atoms with Gasteiger partial charge in [-0.2, -0.15) is 5.10 Å². The van der Waals surface area contributed by atoms with Crippen LogP contribution in [0, 0.1) is 6.92 Å². The van der Waals surface area contributed by atoms with Gasteiger partial charge in [-0.25, -0.2) is 8.78 Å². The Morgan fingerprint density at radius 1 is 1.14 bits per heavy atom. The molecule has 0 N–H and O–H groups in total. The summed E-state index contributed by atoms with van der Waals surface area (Å²) in [5.41, 5.74) is 0.734. The highest BCUT2D eigenvalue weighted by Gasteiger charge is 2.25. The van der Waals surface area contributed by atoms with E-state index in [-0.39, 0.29) is 17.5 Å². The van der Waals surface area contributed by atoms with E-state index in [0.29, 0.717) is 48.5 Å². The van der Waals surface area contributed by atoms with E-state index in [1.165, 1.54) is 4.68 Å². The van der Waals surface area contributed by atoms with Crippen LogP contribution in [0.5, 0.6) is 0 Å². The lowest BCUT2D eigenvalue weighted by molar-refractivity contribution is -0.133. The minimum atomic E-state index is -2.78. The lowest BCUT2D eigenvalue weighted by Crippen LogP contribution is -2.49. The summed E-state index contributed by atoms with van der Waals surface area (Å²) in [5.74, 6) is -0.182. The van der Waals surface area contributed by atoms with E-state index in [2.05, 4.69) is 10.00 Å². The smallest absolute Gasteiger partial charge is 0.283 e. The first kappa shape index (κ1) is 21.3. The molecule has 0 aliphatic carbocycles. The summed E-state index contributed by atoms with van der Waals surface area (Å²) in [7, 11) is 0. The maximum absolute atomic E-state index is 12.9. The van der Waals surface area contributed by atoms with Crippen LogP contribution < -0.4 is 0 Å². The fraction of sp³-hybridized carbons (Fsp3) is 0.444. The first-order valence-electron chi connectivity index (χ1n) is 8.72. The Balaban J connectivity index is 1.58. The number of halogens is 5. The number of benzene rings is 1. The number of hydrogen-bond donors (Lipinski definition) is 0. The number of hydrogen-bond acceptors (Lipinski definition) is 3. The average molecular weight is 452 g/mol. The summed E-state index contributed by atoms with van der Waals surface area (Å²) in [6.07, 6.45) is -2.78. The zero-order chi connectivity index (χ0) is 20.4. The zero-order valence-electron chi connectivity index (χ0n) is 15.1. The number of carbonyl (C=O) groups excluding carboxylic acids is 1. The largest absolute Gasteiger partial charge is 0.339 e. The van der Waals surface area contributed by atoms with E-state index < -0.39 is 12.1 Å². The van der Waals surface area contributed by atoms with Gasteiger partial charge in [0.1, 0.15) is 12.2 Å². The number of amides is 1. The second kappa shape index (κ2) is 8.95. The molecule has 0 atom stereocenters. The third-order valence-electron chi connectivity index (χ3n) is 4.82. The van der Waals surface area contributed by atoms with Crippen molar-refractivity contribution < 1.29 is 13.6 Å². The fourth-order valence-corrected chi connectivity index (χ4v) is 3.87. The maximum atomic E-state index is 12.9. The summed E-state index contributed by atoms with van der Waals surface area (Å²) in [5, 5.41) is 4.92. The minimum Gasteiger partial charge on any atom is -0.339 e. The van der Waals surface area contributed by atoms with E-state index in [1.54, 1.807) is 30.0 Å². The number of alkyl halides is 2. The molecule has 28 heavy (non-hydrogen) atoms. The van der Waals surface area contributed by atoms with Gasteiger partial charge in [-0.3, -0.25) is 14.4 Å². The lowest BCUT2D eigenvalue weighted by Gasteiger charge is -2.35. The van der Waals surface area contributed by atoms with E-state index in [4.69, 9.17) is 34.8 Å². The zero-order valence-corrected chi connectivity index (χ0v) is 17.4. The van der Waals surface area contributed by atoms with Crippen LogP contribution in [0.2, 0.25) is 15.1 Å². The normalized spacial score (nSPS) is 15.5. The Hall–Kier alpha value is -1.41. The molecule has 0 saturated carbocycles. The van der Waals surface area contributed by atoms with Gasteiger partial charge in [-0.05, 0) is 19.1 Å². The molecule has 1 aliphatic rings. The molecule has 1 aromatic carbocycles. The standard InChI is InChI=1S/C18H19Cl3F2N4O/c1-11-16(21)17(18(22)23)24-27(11)10-15(28)26-7-5-25(6-8-26)9-12-13(19)3-2-4-14(12)20/h2-4,18H,5-10H2,1H3. The van der Waals surface area contributed by atoms with Crippen LogP contribution in [-0.4, -0.2) is 51.7 Å². The van der Waals surface area contributed by atoms with Crippen LogP contribution in [0.4, 0.5) is 8.78 Å². The van der Waals surface area contributed by atoms with Crippen LogP contribution >= 0.6 is 34.8 Å². The van der Waals surface area contributed by atoms with Crippen LogP contribution in [0.25, 0.3) is 0 Å². The molecule has 5 nitrogen and oxygen atoms in total. The summed E-state index contributed by atoms with van der Waals surface area (Å²) >= 11 is 18.3. The molecule has 1 fully saturated rings. The average Bonchev–Trinajstić information content (AvgIpc) is 2.94. The molecular formula is C18H19Cl3F2N4O. The van der Waals surface area contributed by atoms with Gasteiger partial charge in [0.25, 0.3) is 6.43 Å². The van der Waals surface area contributed by atoms with Crippen LogP contribution in [0.1, 0.15) is 23.4 Å². The van der Waals surface area contributed by atoms with Crippen LogP contribution in [0.15, 0.2) is 18.2 Å². The molecule has 1 aliphatic heterocycles. The Labute approximate surface area is 176 Å². The number of piperazine rings is 1. The molecule has 0 radical (unpaired) electrons. The highest BCUT2D eigenvalue weighted by molar-refractivity contribution is 6.36. The summed E-state index contributed by atoms with van der Waals surface area (Å²) in [4.78, 5) is 16.4. The number of aromatic nitrogens is 2. The number of carbonyl (C=O) groups is 1. The first-order chi connectivity index (χ1) is 13.3. The van der Waals surface area contributed by atoms with Crippen molar-refractivity contribution in [3.63, 3.8) is 0 Å². The minimum absolute atomic E-state index is 0.0933. The van der Waals surface area contributed by atoms with Crippen LogP contribution in [0.3, 0.4) is 0 Å². The van der Waals surface area contributed by atoms with Gasteiger partial charge in [-0.15, -0.1) is 0 Å². The van der Waals surface area contributed by atoms with Gasteiger partial charge in [0.05, 0.1) is 10.7 Å². The van der Waals surface area contributed by atoms with E-state index >= 15 is 0 Å². The first-order valence-corrected chi connectivity index (χ1v) is 9.85. The third-order valence-corrected chi connectivity index (χ3v) is 5.99. The molecule has 152 valence electrons. The second-order valence-corrected chi connectivity index (χ2v) is 7.79. The molecule has 0 unspecified atom stereocenters. The molecule has 0 bridgehead atoms.